The lowest BCUT2D eigenvalue weighted by atomic mass is 10.1. The second-order valence-corrected chi connectivity index (χ2v) is 7.67. The molecule has 0 aliphatic heterocycles. The number of aromatic nitrogens is 3. The van der Waals surface area contributed by atoms with E-state index in [1.807, 2.05) is 67.8 Å². The summed E-state index contributed by atoms with van der Waals surface area (Å²) in [6.45, 7) is 2.60. The molecule has 32 heavy (non-hydrogen) atoms. The lowest BCUT2D eigenvalue weighted by molar-refractivity contribution is 0.628. The molecule has 4 nitrogen and oxygen atoms in total. The Labute approximate surface area is 185 Å². The molecule has 0 amide bonds. The van der Waals surface area contributed by atoms with E-state index in [2.05, 4.69) is 27.4 Å². The molecule has 156 valence electrons. The molecule has 0 bridgehead atoms. The van der Waals surface area contributed by atoms with E-state index in [1.165, 1.54) is 12.1 Å². The minimum Gasteiger partial charge on any atom is -0.380 e. The van der Waals surface area contributed by atoms with Gasteiger partial charge in [0.2, 0.25) is 0 Å². The third-order valence-electron chi connectivity index (χ3n) is 5.35. The zero-order valence-electron chi connectivity index (χ0n) is 17.6. The van der Waals surface area contributed by atoms with E-state index >= 15 is 0 Å². The number of halogens is 1. The molecule has 0 spiro atoms. The summed E-state index contributed by atoms with van der Waals surface area (Å²) < 4.78 is 13.5. The van der Waals surface area contributed by atoms with Crippen molar-refractivity contribution >= 4 is 16.6 Å². The molecule has 0 saturated heterocycles. The molecule has 0 unspecified atom stereocenters. The van der Waals surface area contributed by atoms with Crippen molar-refractivity contribution < 1.29 is 4.39 Å². The average molecular weight is 420 g/mol. The highest BCUT2D eigenvalue weighted by Gasteiger charge is 2.07. The highest BCUT2D eigenvalue weighted by atomic mass is 19.1. The van der Waals surface area contributed by atoms with Crippen molar-refractivity contribution in [1.82, 2.24) is 15.0 Å². The van der Waals surface area contributed by atoms with Gasteiger partial charge in [0, 0.05) is 46.8 Å². The molecule has 0 fully saturated rings. The monoisotopic (exact) mass is 420 g/mol. The van der Waals surface area contributed by atoms with Gasteiger partial charge in [-0.2, -0.15) is 0 Å². The van der Waals surface area contributed by atoms with Crippen molar-refractivity contribution in [2.24, 2.45) is 0 Å². The number of nitrogens with zero attached hydrogens (tertiary/aromatic N) is 3. The first-order valence-corrected chi connectivity index (χ1v) is 10.4. The van der Waals surface area contributed by atoms with Crippen molar-refractivity contribution in [3.63, 3.8) is 0 Å². The van der Waals surface area contributed by atoms with E-state index in [-0.39, 0.29) is 5.82 Å². The fourth-order valence-electron chi connectivity index (χ4n) is 3.72. The zero-order chi connectivity index (χ0) is 21.9. The minimum atomic E-state index is -0.262. The Bertz CT molecular complexity index is 1400. The molecule has 0 atom stereocenters. The van der Waals surface area contributed by atoms with Crippen molar-refractivity contribution in [2.45, 2.75) is 13.5 Å². The summed E-state index contributed by atoms with van der Waals surface area (Å²) in [5, 5.41) is 4.55. The van der Waals surface area contributed by atoms with Crippen LogP contribution >= 0.6 is 0 Å². The van der Waals surface area contributed by atoms with Crippen LogP contribution in [0, 0.1) is 12.7 Å². The molecule has 0 aliphatic rings. The minimum absolute atomic E-state index is 0.262. The topological polar surface area (TPSA) is 50.7 Å². The second-order valence-electron chi connectivity index (χ2n) is 7.67. The highest BCUT2D eigenvalue weighted by Crippen LogP contribution is 2.27. The molecule has 0 aliphatic carbocycles. The molecule has 3 heterocycles. The molecule has 1 N–H and O–H groups in total. The summed E-state index contributed by atoms with van der Waals surface area (Å²) in [4.78, 5) is 13.6. The predicted octanol–water partition coefficient (Wildman–Crippen LogP) is 6.42. The van der Waals surface area contributed by atoms with Gasteiger partial charge >= 0.3 is 0 Å². The van der Waals surface area contributed by atoms with Crippen LogP contribution in [0.2, 0.25) is 0 Å². The zero-order valence-corrected chi connectivity index (χ0v) is 17.6. The van der Waals surface area contributed by atoms with Crippen molar-refractivity contribution in [3.8, 4) is 22.5 Å². The van der Waals surface area contributed by atoms with Gasteiger partial charge in [0.15, 0.2) is 0 Å². The van der Waals surface area contributed by atoms with E-state index in [0.29, 0.717) is 6.54 Å². The van der Waals surface area contributed by atoms with Gasteiger partial charge in [-0.15, -0.1) is 0 Å². The van der Waals surface area contributed by atoms with Crippen LogP contribution in [0.15, 0.2) is 91.3 Å². The van der Waals surface area contributed by atoms with Gasteiger partial charge in [-0.3, -0.25) is 9.97 Å². The summed E-state index contributed by atoms with van der Waals surface area (Å²) in [5.41, 5.74) is 7.46. The fourth-order valence-corrected chi connectivity index (χ4v) is 3.72. The highest BCUT2D eigenvalue weighted by molar-refractivity contribution is 5.92. The maximum Gasteiger partial charge on any atom is 0.123 e. The maximum absolute atomic E-state index is 13.5. The Morgan fingerprint density at radius 3 is 2.47 bits per heavy atom. The number of fused-ring (bicyclic) bond motifs is 1. The van der Waals surface area contributed by atoms with Crippen LogP contribution in [0.1, 0.15) is 11.3 Å². The molecule has 2 aromatic carbocycles. The van der Waals surface area contributed by atoms with Crippen LogP contribution in [-0.4, -0.2) is 15.0 Å². The lowest BCUT2D eigenvalue weighted by Crippen LogP contribution is -2.01. The van der Waals surface area contributed by atoms with Crippen LogP contribution in [-0.2, 0) is 6.54 Å². The van der Waals surface area contributed by atoms with Gasteiger partial charge in [0.1, 0.15) is 5.82 Å². The number of hydrogen-bond donors (Lipinski definition) is 1. The first-order chi connectivity index (χ1) is 15.7. The SMILES string of the molecule is Cc1cc(-c2ccc3c(NCc4ccc(-c5cccc(F)c5)nc4)cccc3n2)ccn1. The molecule has 5 heteroatoms. The standard InChI is InChI=1S/C27H21FN4/c1-18-14-21(12-13-29-18)25-11-9-23-26(6-3-7-27(23)32-25)31-17-19-8-10-24(30-16-19)20-4-2-5-22(28)15-20/h2-16,31H,17H2,1H3. The van der Waals surface area contributed by atoms with E-state index in [0.717, 1.165) is 50.4 Å². The fraction of sp³-hybridized carbons (Fsp3) is 0.0741. The quantitative estimate of drug-likeness (QED) is 0.356. The lowest BCUT2D eigenvalue weighted by Gasteiger charge is -2.11. The molecule has 5 rings (SSSR count). The third kappa shape index (κ3) is 4.18. The Balaban J connectivity index is 1.35. The third-order valence-corrected chi connectivity index (χ3v) is 5.35. The van der Waals surface area contributed by atoms with Gasteiger partial charge in [0.05, 0.1) is 16.9 Å². The number of pyridine rings is 3. The van der Waals surface area contributed by atoms with Crippen LogP contribution in [0.3, 0.4) is 0 Å². The molecule has 3 aromatic heterocycles. The normalized spacial score (nSPS) is 10.9. The summed E-state index contributed by atoms with van der Waals surface area (Å²) in [6.07, 6.45) is 3.63. The van der Waals surface area contributed by atoms with Crippen molar-refractivity contribution in [2.75, 3.05) is 5.32 Å². The number of hydrogen-bond acceptors (Lipinski definition) is 4. The Morgan fingerprint density at radius 2 is 1.66 bits per heavy atom. The molecule has 0 saturated carbocycles. The first kappa shape index (κ1) is 19.8. The summed E-state index contributed by atoms with van der Waals surface area (Å²) in [6, 6.07) is 24.6. The predicted molar refractivity (Wildman–Crippen MR) is 127 cm³/mol. The first-order valence-electron chi connectivity index (χ1n) is 10.4. The largest absolute Gasteiger partial charge is 0.380 e. The van der Waals surface area contributed by atoms with Crippen LogP contribution < -0.4 is 5.32 Å². The Hall–Kier alpha value is -4.12. The Morgan fingerprint density at radius 1 is 0.812 bits per heavy atom. The van der Waals surface area contributed by atoms with Crippen molar-refractivity contribution in [1.29, 1.82) is 0 Å². The number of rotatable bonds is 5. The summed E-state index contributed by atoms with van der Waals surface area (Å²) in [5.74, 6) is -0.262. The van der Waals surface area contributed by atoms with E-state index in [9.17, 15) is 4.39 Å². The van der Waals surface area contributed by atoms with E-state index < -0.39 is 0 Å². The number of nitrogens with one attached hydrogen (secondary N) is 1. The van der Waals surface area contributed by atoms with Gasteiger partial charge in [-0.1, -0.05) is 24.3 Å². The summed E-state index contributed by atoms with van der Waals surface area (Å²) >= 11 is 0. The van der Waals surface area contributed by atoms with Gasteiger partial charge in [-0.05, 0) is 67.1 Å². The number of aryl methyl sites for hydroxylation is 1. The molecular formula is C27H21FN4. The molecule has 5 aromatic rings. The number of benzene rings is 2. The molecule has 0 radical (unpaired) electrons. The van der Waals surface area contributed by atoms with E-state index in [4.69, 9.17) is 4.98 Å². The van der Waals surface area contributed by atoms with Crippen LogP contribution in [0.4, 0.5) is 10.1 Å². The second kappa shape index (κ2) is 8.55. The maximum atomic E-state index is 13.5. The van der Waals surface area contributed by atoms with Crippen LogP contribution in [0.25, 0.3) is 33.4 Å². The van der Waals surface area contributed by atoms with Gasteiger partial charge in [0.25, 0.3) is 0 Å². The summed E-state index contributed by atoms with van der Waals surface area (Å²) in [7, 11) is 0. The van der Waals surface area contributed by atoms with Gasteiger partial charge < -0.3 is 5.32 Å². The number of anilines is 1. The van der Waals surface area contributed by atoms with E-state index in [1.54, 1.807) is 6.07 Å². The average Bonchev–Trinajstić information content (AvgIpc) is 2.82. The molecular weight excluding hydrogens is 399 g/mol. The van der Waals surface area contributed by atoms with Crippen molar-refractivity contribution in [3.05, 3.63) is 108 Å². The Kier molecular flexibility index (Phi) is 5.30. The smallest absolute Gasteiger partial charge is 0.123 e. The van der Waals surface area contributed by atoms with Crippen LogP contribution in [0.5, 0.6) is 0 Å². The van der Waals surface area contributed by atoms with Gasteiger partial charge in [-0.25, -0.2) is 9.37 Å².